The van der Waals surface area contributed by atoms with Crippen LogP contribution in [0.3, 0.4) is 0 Å². The summed E-state index contributed by atoms with van der Waals surface area (Å²) in [5.74, 6) is -25.4. The molecule has 0 spiro atoms. The summed E-state index contributed by atoms with van der Waals surface area (Å²) in [5.41, 5.74) is -5.34. The standard InChI is InChI=1S/C18H26F9I/c1-3-5-6-7-8-9-10-11-13(28,4-2)12-14(19)15(20,21)17(24,25)18(26,27)16(14,22)23/h3-12H2,1-2H3. The maximum absolute atomic E-state index is 14.8. The van der Waals surface area contributed by atoms with Gasteiger partial charge in [-0.25, -0.2) is 4.39 Å². The van der Waals surface area contributed by atoms with E-state index in [1.54, 1.807) is 0 Å². The van der Waals surface area contributed by atoms with E-state index in [9.17, 15) is 39.5 Å². The molecule has 0 bridgehead atoms. The summed E-state index contributed by atoms with van der Waals surface area (Å²) in [6, 6.07) is 0. The Morgan fingerprint density at radius 1 is 0.607 bits per heavy atom. The lowest BCUT2D eigenvalue weighted by Gasteiger charge is -2.38. The first kappa shape index (κ1) is 26.1. The Bertz CT molecular complexity index is 495. The van der Waals surface area contributed by atoms with Crippen LogP contribution in [0.15, 0.2) is 0 Å². The number of hydrogen-bond acceptors (Lipinski definition) is 0. The fraction of sp³-hybridized carbons (Fsp3) is 1.00. The van der Waals surface area contributed by atoms with Crippen molar-refractivity contribution in [2.24, 2.45) is 0 Å². The third-order valence-corrected chi connectivity index (χ3v) is 7.28. The molecule has 0 aromatic rings. The molecule has 0 N–H and O–H groups in total. The molecule has 0 saturated heterocycles. The molecule has 1 unspecified atom stereocenters. The van der Waals surface area contributed by atoms with Gasteiger partial charge in [0.1, 0.15) is 0 Å². The van der Waals surface area contributed by atoms with E-state index in [4.69, 9.17) is 0 Å². The molecule has 1 saturated carbocycles. The fourth-order valence-corrected chi connectivity index (χ4v) is 4.44. The summed E-state index contributed by atoms with van der Waals surface area (Å²) < 4.78 is 122. The molecular formula is C18H26F9I. The zero-order valence-corrected chi connectivity index (χ0v) is 18.0. The molecule has 28 heavy (non-hydrogen) atoms. The molecule has 0 heterocycles. The van der Waals surface area contributed by atoms with Crippen LogP contribution in [0.5, 0.6) is 0 Å². The smallest absolute Gasteiger partial charge is 0.230 e. The van der Waals surface area contributed by atoms with Gasteiger partial charge in [0.25, 0.3) is 5.67 Å². The maximum Gasteiger partial charge on any atom is 0.381 e. The Hall–Kier alpha value is 0.1000. The maximum atomic E-state index is 14.8. The predicted molar refractivity (Wildman–Crippen MR) is 97.9 cm³/mol. The molecular weight excluding hydrogens is 514 g/mol. The van der Waals surface area contributed by atoms with E-state index in [2.05, 4.69) is 0 Å². The molecule has 0 amide bonds. The summed E-state index contributed by atoms with van der Waals surface area (Å²) in [6.07, 6.45) is 3.97. The van der Waals surface area contributed by atoms with Gasteiger partial charge in [0.05, 0.1) is 0 Å². The fourth-order valence-electron chi connectivity index (χ4n) is 3.54. The van der Waals surface area contributed by atoms with E-state index in [1.165, 1.54) is 29.5 Å². The molecule has 0 nitrogen and oxygen atoms in total. The number of alkyl halides is 10. The normalized spacial score (nSPS) is 26.1. The highest BCUT2D eigenvalue weighted by Crippen LogP contribution is 2.71. The number of halogens is 10. The van der Waals surface area contributed by atoms with Gasteiger partial charge < -0.3 is 0 Å². The first-order chi connectivity index (χ1) is 12.6. The van der Waals surface area contributed by atoms with Crippen LogP contribution in [-0.2, 0) is 0 Å². The monoisotopic (exact) mass is 540 g/mol. The van der Waals surface area contributed by atoms with Gasteiger partial charge in [-0.2, -0.15) is 35.1 Å². The minimum atomic E-state index is -6.48. The first-order valence-corrected chi connectivity index (χ1v) is 10.5. The molecule has 0 aliphatic heterocycles. The van der Waals surface area contributed by atoms with Crippen molar-refractivity contribution in [3.8, 4) is 0 Å². The molecule has 1 aliphatic carbocycles. The van der Waals surface area contributed by atoms with Crippen molar-refractivity contribution in [1.82, 2.24) is 0 Å². The molecule has 1 aliphatic rings. The van der Waals surface area contributed by atoms with Gasteiger partial charge in [-0.1, -0.05) is 81.4 Å². The lowest BCUT2D eigenvalue weighted by Crippen LogP contribution is -2.57. The van der Waals surface area contributed by atoms with E-state index in [0.29, 0.717) is 12.8 Å². The van der Waals surface area contributed by atoms with E-state index in [-0.39, 0.29) is 12.8 Å². The molecule has 10 heteroatoms. The van der Waals surface area contributed by atoms with Crippen LogP contribution in [0.2, 0.25) is 0 Å². The highest BCUT2D eigenvalue weighted by Gasteiger charge is 3.00. The van der Waals surface area contributed by atoms with Gasteiger partial charge >= 0.3 is 23.7 Å². The van der Waals surface area contributed by atoms with Crippen LogP contribution < -0.4 is 0 Å². The largest absolute Gasteiger partial charge is 0.381 e. The summed E-state index contributed by atoms with van der Waals surface area (Å²) in [6.45, 7) is 3.44. The Kier molecular flexibility index (Phi) is 8.11. The quantitative estimate of drug-likeness (QED) is 0.107. The predicted octanol–water partition coefficient (Wildman–Crippen LogP) is 8.36. The van der Waals surface area contributed by atoms with Crippen LogP contribution in [0.4, 0.5) is 39.5 Å². The van der Waals surface area contributed by atoms with E-state index < -0.39 is 39.2 Å². The topological polar surface area (TPSA) is 0 Å². The second-order valence-electron chi connectivity index (χ2n) is 7.65. The van der Waals surface area contributed by atoms with Crippen LogP contribution >= 0.6 is 22.6 Å². The van der Waals surface area contributed by atoms with E-state index in [1.807, 2.05) is 6.92 Å². The lowest BCUT2D eigenvalue weighted by molar-refractivity contribution is -0.303. The summed E-state index contributed by atoms with van der Waals surface area (Å²) >= 11 is 1.47. The second kappa shape index (κ2) is 8.69. The zero-order chi connectivity index (χ0) is 22.1. The minimum Gasteiger partial charge on any atom is -0.230 e. The highest BCUT2D eigenvalue weighted by atomic mass is 127. The van der Waals surface area contributed by atoms with Gasteiger partial charge in [0.15, 0.2) is 0 Å². The first-order valence-electron chi connectivity index (χ1n) is 9.47. The van der Waals surface area contributed by atoms with E-state index in [0.717, 1.165) is 32.1 Å². The lowest BCUT2D eigenvalue weighted by atomic mass is 9.82. The van der Waals surface area contributed by atoms with Crippen molar-refractivity contribution in [2.75, 3.05) is 0 Å². The van der Waals surface area contributed by atoms with Gasteiger partial charge in [-0.3, -0.25) is 0 Å². The van der Waals surface area contributed by atoms with Crippen molar-refractivity contribution in [1.29, 1.82) is 0 Å². The van der Waals surface area contributed by atoms with Crippen LogP contribution in [-0.4, -0.2) is 32.8 Å². The third-order valence-electron chi connectivity index (χ3n) is 5.60. The van der Waals surface area contributed by atoms with Gasteiger partial charge in [0.2, 0.25) is 0 Å². The average molecular weight is 540 g/mol. The average Bonchev–Trinajstić information content (AvgIpc) is 2.64. The molecule has 0 radical (unpaired) electrons. The molecule has 168 valence electrons. The van der Waals surface area contributed by atoms with Crippen molar-refractivity contribution in [3.05, 3.63) is 0 Å². The Balaban J connectivity index is 2.94. The van der Waals surface area contributed by atoms with Gasteiger partial charge in [0, 0.05) is 9.84 Å². The minimum absolute atomic E-state index is 0.00713. The third kappa shape index (κ3) is 4.00. The zero-order valence-electron chi connectivity index (χ0n) is 15.9. The van der Waals surface area contributed by atoms with Crippen molar-refractivity contribution in [3.63, 3.8) is 0 Å². The molecule has 0 aromatic heterocycles. The molecule has 0 aromatic carbocycles. The Labute approximate surface area is 173 Å². The SMILES string of the molecule is CCCCCCCCCC(I)(CC)CC1(F)C(F)(F)C(F)(F)C(F)(F)C1(F)F. The number of unbranched alkanes of at least 4 members (excludes halogenated alkanes) is 6. The van der Waals surface area contributed by atoms with Gasteiger partial charge in [-0.05, 0) is 12.8 Å². The summed E-state index contributed by atoms with van der Waals surface area (Å²) in [5, 5.41) is 0. The van der Waals surface area contributed by atoms with Crippen molar-refractivity contribution >= 4 is 22.6 Å². The molecule has 1 atom stereocenters. The van der Waals surface area contributed by atoms with E-state index >= 15 is 0 Å². The highest BCUT2D eigenvalue weighted by molar-refractivity contribution is 14.1. The van der Waals surface area contributed by atoms with Crippen LogP contribution in [0.1, 0.15) is 78.1 Å². The van der Waals surface area contributed by atoms with Crippen molar-refractivity contribution < 1.29 is 39.5 Å². The summed E-state index contributed by atoms with van der Waals surface area (Å²) in [4.78, 5) is 0. The van der Waals surface area contributed by atoms with Crippen LogP contribution in [0, 0.1) is 0 Å². The number of rotatable bonds is 11. The molecule has 1 rings (SSSR count). The second-order valence-corrected chi connectivity index (χ2v) is 9.94. The number of hydrogen-bond donors (Lipinski definition) is 0. The summed E-state index contributed by atoms with van der Waals surface area (Å²) in [7, 11) is 0. The van der Waals surface area contributed by atoms with Crippen LogP contribution in [0.25, 0.3) is 0 Å². The van der Waals surface area contributed by atoms with Crippen molar-refractivity contribution in [2.45, 2.75) is 111 Å². The van der Waals surface area contributed by atoms with Gasteiger partial charge in [-0.15, -0.1) is 0 Å². The Morgan fingerprint density at radius 2 is 1.00 bits per heavy atom. The molecule has 1 fully saturated rings. The Morgan fingerprint density at radius 3 is 1.39 bits per heavy atom.